The number of allylic oxidation sites excluding steroid dienone is 6. The summed E-state index contributed by atoms with van der Waals surface area (Å²) in [5.41, 5.74) is 14.7. The predicted octanol–water partition coefficient (Wildman–Crippen LogP) is 12.9. The molecule has 3 aromatic rings. The fraction of sp³-hybridized carbons (Fsp3) is 0.472. The maximum Gasteiger partial charge on any atom is 0.221 e. The van der Waals surface area contributed by atoms with Crippen molar-refractivity contribution < 1.29 is 0 Å². The van der Waals surface area contributed by atoms with Crippen LogP contribution in [0.25, 0.3) is 0 Å². The van der Waals surface area contributed by atoms with Crippen LogP contribution in [-0.2, 0) is 5.41 Å². The summed E-state index contributed by atoms with van der Waals surface area (Å²) >= 11 is 0. The van der Waals surface area contributed by atoms with E-state index >= 15 is 0 Å². The number of benzene rings is 3. The highest BCUT2D eigenvalue weighted by atomic mass is 15.2. The van der Waals surface area contributed by atoms with Crippen LogP contribution in [0.1, 0.15) is 114 Å². The molecule has 5 atom stereocenters. The first-order valence-electron chi connectivity index (χ1n) is 22.7. The first kappa shape index (κ1) is 36.4. The molecule has 288 valence electrons. The summed E-state index contributed by atoms with van der Waals surface area (Å²) in [6, 6.07) is 29.0. The number of anilines is 2. The number of rotatable bonds is 6. The Balaban J connectivity index is 1.17. The summed E-state index contributed by atoms with van der Waals surface area (Å²) in [6.07, 6.45) is 33.7. The van der Waals surface area contributed by atoms with Gasteiger partial charge in [0.25, 0.3) is 0 Å². The number of hydrogen-bond donors (Lipinski definition) is 0. The SMILES string of the molecule is Cc1ccc(N2C3=CC(C(C)(C)c4ccccc4)CC4C3B(C3=CC(C5CCCCC5)=CCC3N4C3=CCC(C4CCCCC4)C=C3)c3cc(C)ccc32)cc1. The lowest BCUT2D eigenvalue weighted by Gasteiger charge is -2.60. The Morgan fingerprint density at radius 2 is 1.48 bits per heavy atom. The average Bonchev–Trinajstić information content (AvgIpc) is 3.25. The Bertz CT molecular complexity index is 2090. The van der Waals surface area contributed by atoms with Crippen molar-refractivity contribution in [1.29, 1.82) is 0 Å². The topological polar surface area (TPSA) is 6.48 Å². The Morgan fingerprint density at radius 3 is 2.21 bits per heavy atom. The summed E-state index contributed by atoms with van der Waals surface area (Å²) in [6.45, 7) is 9.95. The molecule has 2 aliphatic heterocycles. The van der Waals surface area contributed by atoms with Gasteiger partial charge in [0.05, 0.1) is 0 Å². The fourth-order valence-corrected chi connectivity index (χ4v) is 12.7. The van der Waals surface area contributed by atoms with Crippen LogP contribution in [0.3, 0.4) is 0 Å². The van der Waals surface area contributed by atoms with Gasteiger partial charge in [0, 0.05) is 40.7 Å². The minimum Gasteiger partial charge on any atom is -0.363 e. The van der Waals surface area contributed by atoms with Crippen molar-refractivity contribution in [2.75, 3.05) is 4.90 Å². The largest absolute Gasteiger partial charge is 0.363 e. The van der Waals surface area contributed by atoms with E-state index < -0.39 is 0 Å². The molecule has 7 aliphatic rings. The summed E-state index contributed by atoms with van der Waals surface area (Å²) in [4.78, 5) is 5.73. The lowest BCUT2D eigenvalue weighted by molar-refractivity contribution is 0.150. The monoisotopic (exact) mass is 739 g/mol. The van der Waals surface area contributed by atoms with Gasteiger partial charge < -0.3 is 9.80 Å². The second-order valence-corrected chi connectivity index (χ2v) is 19.5. The van der Waals surface area contributed by atoms with Crippen molar-refractivity contribution in [3.05, 3.63) is 148 Å². The molecular formula is C53H63BN2. The van der Waals surface area contributed by atoms with Gasteiger partial charge in [-0.2, -0.15) is 0 Å². The number of fused-ring (bicyclic) bond motifs is 4. The first-order valence-corrected chi connectivity index (χ1v) is 22.7. The van der Waals surface area contributed by atoms with E-state index in [0.29, 0.717) is 36.4 Å². The zero-order valence-electron chi connectivity index (χ0n) is 34.6. The Kier molecular flexibility index (Phi) is 9.58. The molecule has 2 saturated carbocycles. The van der Waals surface area contributed by atoms with Crippen molar-refractivity contribution in [3.8, 4) is 0 Å². The van der Waals surface area contributed by atoms with Gasteiger partial charge in [0.1, 0.15) is 0 Å². The highest BCUT2D eigenvalue weighted by Crippen LogP contribution is 2.57. The van der Waals surface area contributed by atoms with Crippen molar-refractivity contribution in [1.82, 2.24) is 4.90 Å². The van der Waals surface area contributed by atoms with Crippen LogP contribution in [0, 0.1) is 37.5 Å². The van der Waals surface area contributed by atoms with Gasteiger partial charge >= 0.3 is 0 Å². The third-order valence-corrected chi connectivity index (χ3v) is 15.8. The zero-order chi connectivity index (χ0) is 38.0. The average molecular weight is 739 g/mol. The molecule has 0 radical (unpaired) electrons. The van der Waals surface area contributed by atoms with Crippen LogP contribution in [0.5, 0.6) is 0 Å². The quantitative estimate of drug-likeness (QED) is 0.232. The van der Waals surface area contributed by atoms with E-state index in [1.165, 1.54) is 110 Å². The molecule has 0 spiro atoms. The molecule has 10 rings (SSSR count). The molecule has 3 aromatic carbocycles. The van der Waals surface area contributed by atoms with Crippen molar-refractivity contribution in [2.24, 2.45) is 23.7 Å². The van der Waals surface area contributed by atoms with Crippen LogP contribution >= 0.6 is 0 Å². The van der Waals surface area contributed by atoms with E-state index in [0.717, 1.165) is 24.7 Å². The van der Waals surface area contributed by atoms with Crippen LogP contribution in [0.2, 0.25) is 5.82 Å². The third-order valence-electron chi connectivity index (χ3n) is 15.8. The molecule has 56 heavy (non-hydrogen) atoms. The number of hydrogen-bond acceptors (Lipinski definition) is 2. The molecule has 0 bridgehead atoms. The van der Waals surface area contributed by atoms with E-state index in [2.05, 4.69) is 147 Å². The van der Waals surface area contributed by atoms with Crippen LogP contribution in [-0.4, -0.2) is 23.7 Å². The highest BCUT2D eigenvalue weighted by Gasteiger charge is 2.57. The predicted molar refractivity (Wildman–Crippen MR) is 238 cm³/mol. The molecule has 2 nitrogen and oxygen atoms in total. The summed E-state index contributed by atoms with van der Waals surface area (Å²) in [5, 5.41) is 0. The van der Waals surface area contributed by atoms with Gasteiger partial charge in [-0.05, 0) is 129 Å². The van der Waals surface area contributed by atoms with Crippen molar-refractivity contribution in [3.63, 3.8) is 0 Å². The maximum atomic E-state index is 3.02. The number of nitrogens with zero attached hydrogens (tertiary/aromatic N) is 2. The van der Waals surface area contributed by atoms with Gasteiger partial charge in [-0.15, -0.1) is 0 Å². The lowest BCUT2D eigenvalue weighted by atomic mass is 9.25. The highest BCUT2D eigenvalue weighted by molar-refractivity contribution is 6.84. The normalized spacial score (nSPS) is 28.1. The molecular weight excluding hydrogens is 675 g/mol. The molecule has 5 aliphatic carbocycles. The van der Waals surface area contributed by atoms with E-state index in [1.807, 2.05) is 0 Å². The molecule has 3 heteroatoms. The van der Waals surface area contributed by atoms with E-state index in [9.17, 15) is 0 Å². The van der Waals surface area contributed by atoms with Crippen molar-refractivity contribution in [2.45, 2.75) is 134 Å². The second-order valence-electron chi connectivity index (χ2n) is 19.5. The minimum atomic E-state index is -0.0213. The molecule has 0 amide bonds. The smallest absolute Gasteiger partial charge is 0.221 e. The minimum absolute atomic E-state index is 0.0213. The lowest BCUT2D eigenvalue weighted by Crippen LogP contribution is -2.65. The van der Waals surface area contributed by atoms with Crippen LogP contribution < -0.4 is 10.4 Å². The Labute approximate surface area is 338 Å². The van der Waals surface area contributed by atoms with Gasteiger partial charge in [0.2, 0.25) is 6.71 Å². The van der Waals surface area contributed by atoms with Gasteiger partial charge in [-0.3, -0.25) is 0 Å². The van der Waals surface area contributed by atoms with E-state index in [4.69, 9.17) is 0 Å². The second kappa shape index (κ2) is 14.8. The molecule has 5 unspecified atom stereocenters. The zero-order valence-corrected chi connectivity index (χ0v) is 34.6. The standard InChI is InChI=1S/C53H63BN2/c1-36-20-26-44(27-21-36)55-48-30-22-37(2)32-46(48)54-47-33-41(39-16-10-6-11-17-39)25-31-49(47)56(45-28-23-40(24-29-45)38-14-8-5-9-15-38)51-35-43(34-50(55)52(51)54)53(3,4)42-18-12-7-13-19-42/h7,12-13,18-23,25-30,32-34,38-40,43,49,51-52H,5-6,8-11,14-17,24,31,35H2,1-4H3. The molecule has 2 heterocycles. The van der Waals surface area contributed by atoms with Crippen LogP contribution in [0.15, 0.2) is 132 Å². The maximum absolute atomic E-state index is 3.02. The van der Waals surface area contributed by atoms with Gasteiger partial charge in [-0.25, -0.2) is 0 Å². The van der Waals surface area contributed by atoms with Crippen molar-refractivity contribution >= 4 is 23.6 Å². The van der Waals surface area contributed by atoms with Crippen LogP contribution in [0.4, 0.5) is 11.4 Å². The molecule has 3 fully saturated rings. The first-order chi connectivity index (χ1) is 27.3. The molecule has 0 aromatic heterocycles. The third kappa shape index (κ3) is 6.31. The summed E-state index contributed by atoms with van der Waals surface area (Å²) in [7, 11) is 0. The number of aryl methyl sites for hydroxylation is 2. The van der Waals surface area contributed by atoms with E-state index in [-0.39, 0.29) is 5.41 Å². The Hall–Kier alpha value is -3.98. The Morgan fingerprint density at radius 1 is 0.750 bits per heavy atom. The fourth-order valence-electron chi connectivity index (χ4n) is 12.7. The summed E-state index contributed by atoms with van der Waals surface area (Å²) < 4.78 is 0. The van der Waals surface area contributed by atoms with E-state index in [1.54, 1.807) is 16.5 Å². The summed E-state index contributed by atoms with van der Waals surface area (Å²) in [5.74, 6) is 3.03. The molecule has 0 N–H and O–H groups in total. The van der Waals surface area contributed by atoms with Gasteiger partial charge in [0.15, 0.2) is 0 Å². The van der Waals surface area contributed by atoms with Gasteiger partial charge in [-0.1, -0.05) is 154 Å². The molecule has 1 saturated heterocycles.